The van der Waals surface area contributed by atoms with Gasteiger partial charge in [-0.1, -0.05) is 13.8 Å². The van der Waals surface area contributed by atoms with Gasteiger partial charge in [-0.05, 0) is 0 Å². The summed E-state index contributed by atoms with van der Waals surface area (Å²) in [6.07, 6.45) is 0. The average Bonchev–Trinajstić information content (AvgIpc) is 2.55. The molecular weight excluding hydrogens is 377 g/mol. The Morgan fingerprint density at radius 3 is 1.24 bits per heavy atom. The molecule has 0 saturated carbocycles. The molecular formula is C13H27HfN3. The summed E-state index contributed by atoms with van der Waals surface area (Å²) >= 11 is 0. The van der Waals surface area contributed by atoms with Crippen molar-refractivity contribution in [1.82, 2.24) is 0 Å². The van der Waals surface area contributed by atoms with Gasteiger partial charge in [-0.3, -0.25) is 0 Å². The molecule has 0 aliphatic rings. The van der Waals surface area contributed by atoms with Crippen molar-refractivity contribution in [2.24, 2.45) is 0 Å². The van der Waals surface area contributed by atoms with E-state index in [0.717, 1.165) is 0 Å². The molecule has 0 aromatic heterocycles. The van der Waals surface area contributed by atoms with Gasteiger partial charge in [0, 0.05) is 0 Å². The first kappa shape index (κ1) is 25.8. The largest absolute Gasteiger partial charge is 4.00 e. The van der Waals surface area contributed by atoms with E-state index in [1.54, 1.807) is 42.3 Å². The van der Waals surface area contributed by atoms with Gasteiger partial charge in [-0.2, -0.15) is 59.5 Å². The smallest absolute Gasteiger partial charge is 0.668 e. The molecule has 1 aromatic rings. The molecule has 1 rings (SSSR count). The van der Waals surface area contributed by atoms with Crippen LogP contribution in [0.3, 0.4) is 0 Å². The predicted octanol–water partition coefficient (Wildman–Crippen LogP) is 3.88. The van der Waals surface area contributed by atoms with Gasteiger partial charge >= 0.3 is 25.8 Å². The number of rotatable bonds is 0. The van der Waals surface area contributed by atoms with Gasteiger partial charge in [-0.25, -0.2) is 12.1 Å². The van der Waals surface area contributed by atoms with E-state index in [-0.39, 0.29) is 25.8 Å². The van der Waals surface area contributed by atoms with E-state index < -0.39 is 0 Å². The van der Waals surface area contributed by atoms with Crippen LogP contribution in [0.1, 0.15) is 11.1 Å². The van der Waals surface area contributed by atoms with Crippen molar-refractivity contribution in [3.63, 3.8) is 0 Å². The third kappa shape index (κ3) is 31.4. The first-order chi connectivity index (χ1) is 7.55. The molecule has 0 amide bonds. The Kier molecular flexibility index (Phi) is 38.1. The summed E-state index contributed by atoms with van der Waals surface area (Å²) in [5.74, 6) is 0. The molecule has 0 N–H and O–H groups in total. The molecule has 0 unspecified atom stereocenters. The molecule has 0 fully saturated rings. The Balaban J connectivity index is -0.0000000734. The van der Waals surface area contributed by atoms with Crippen LogP contribution in [-0.2, 0) is 25.8 Å². The van der Waals surface area contributed by atoms with E-state index >= 15 is 0 Å². The Labute approximate surface area is 127 Å². The fourth-order valence-electron chi connectivity index (χ4n) is 0.600. The van der Waals surface area contributed by atoms with Crippen molar-refractivity contribution in [2.75, 3.05) is 42.3 Å². The Bertz CT molecular complexity index is 179. The van der Waals surface area contributed by atoms with Gasteiger partial charge in [0.05, 0.1) is 0 Å². The van der Waals surface area contributed by atoms with E-state index in [9.17, 15) is 0 Å². The Morgan fingerprint density at radius 2 is 1.18 bits per heavy atom. The van der Waals surface area contributed by atoms with Crippen LogP contribution in [0, 0.1) is 13.8 Å². The first-order valence-electron chi connectivity index (χ1n) is 5.18. The quantitative estimate of drug-likeness (QED) is 0.466. The molecule has 0 bridgehead atoms. The predicted molar refractivity (Wildman–Crippen MR) is 77.1 cm³/mol. The molecule has 98 valence electrons. The van der Waals surface area contributed by atoms with Crippen molar-refractivity contribution in [3.8, 4) is 0 Å². The average molecular weight is 404 g/mol. The van der Waals surface area contributed by atoms with E-state index in [1.807, 2.05) is 0 Å². The second-order valence-corrected chi connectivity index (χ2v) is 3.23. The molecule has 4 heteroatoms. The van der Waals surface area contributed by atoms with Crippen LogP contribution >= 0.6 is 0 Å². The molecule has 3 nitrogen and oxygen atoms in total. The molecule has 0 heterocycles. The topological polar surface area (TPSA) is 42.3 Å². The maximum atomic E-state index is 3.50. The maximum Gasteiger partial charge on any atom is 4.00 e. The fraction of sp³-hybridized carbons (Fsp3) is 0.615. The van der Waals surface area contributed by atoms with E-state index in [2.05, 4.69) is 48.0 Å². The van der Waals surface area contributed by atoms with Gasteiger partial charge in [-0.15, -0.1) is 0 Å². The van der Waals surface area contributed by atoms with Crippen molar-refractivity contribution < 1.29 is 25.8 Å². The van der Waals surface area contributed by atoms with Crippen LogP contribution in [0.4, 0.5) is 0 Å². The third-order valence-electron chi connectivity index (χ3n) is 1.31. The summed E-state index contributed by atoms with van der Waals surface area (Å²) in [4.78, 5) is 0. The molecule has 17 heavy (non-hydrogen) atoms. The van der Waals surface area contributed by atoms with Crippen LogP contribution < -0.4 is 0 Å². The Hall–Kier alpha value is 0.100. The van der Waals surface area contributed by atoms with Gasteiger partial charge in [0.2, 0.25) is 0 Å². The second kappa shape index (κ2) is 25.1. The maximum absolute atomic E-state index is 3.50. The van der Waals surface area contributed by atoms with Gasteiger partial charge < -0.3 is 16.0 Å². The van der Waals surface area contributed by atoms with Crippen LogP contribution in [0.25, 0.3) is 16.0 Å². The molecule has 0 radical (unpaired) electrons. The van der Waals surface area contributed by atoms with Gasteiger partial charge in [0.15, 0.2) is 0 Å². The van der Waals surface area contributed by atoms with Crippen LogP contribution in [-0.4, -0.2) is 42.3 Å². The van der Waals surface area contributed by atoms with E-state index in [1.165, 1.54) is 11.1 Å². The van der Waals surface area contributed by atoms with Crippen molar-refractivity contribution in [3.05, 3.63) is 45.3 Å². The number of hydrogen-bond donors (Lipinski definition) is 0. The first-order valence-corrected chi connectivity index (χ1v) is 5.18. The summed E-state index contributed by atoms with van der Waals surface area (Å²) in [6.45, 7) is 4.24. The second-order valence-electron chi connectivity index (χ2n) is 3.23. The molecule has 0 saturated heterocycles. The number of hydrogen-bond acceptors (Lipinski definition) is 0. The summed E-state index contributed by atoms with van der Waals surface area (Å²) in [5.41, 5.74) is 2.78. The van der Waals surface area contributed by atoms with E-state index in [0.29, 0.717) is 0 Å². The number of aryl methyl sites for hydroxylation is 2. The zero-order chi connectivity index (χ0) is 13.4. The number of nitrogens with zero attached hydrogens (tertiary/aromatic N) is 3. The third-order valence-corrected chi connectivity index (χ3v) is 1.31. The van der Waals surface area contributed by atoms with Crippen molar-refractivity contribution in [1.29, 1.82) is 0 Å². The van der Waals surface area contributed by atoms with E-state index in [4.69, 9.17) is 0 Å². The molecule has 1 aromatic carbocycles. The van der Waals surface area contributed by atoms with Crippen LogP contribution in [0.5, 0.6) is 0 Å². The van der Waals surface area contributed by atoms with Gasteiger partial charge in [0.25, 0.3) is 0 Å². The Morgan fingerprint density at radius 1 is 0.882 bits per heavy atom. The summed E-state index contributed by atoms with van der Waals surface area (Å²) < 4.78 is 0. The summed E-state index contributed by atoms with van der Waals surface area (Å²) in [7, 11) is 10.5. The standard InChI is InChI=1S/C7H9.3C2H6N.Hf/c1-6-4-3-5-7(6)2;3*1-3-2;/h3-5H,1-2H3;3*1-2H3;/q4*-1;+4. The fourth-order valence-corrected chi connectivity index (χ4v) is 0.600. The van der Waals surface area contributed by atoms with Crippen LogP contribution in [0.2, 0.25) is 0 Å². The zero-order valence-corrected chi connectivity index (χ0v) is 16.2. The molecule has 0 aliphatic carbocycles. The molecule has 0 atom stereocenters. The van der Waals surface area contributed by atoms with Crippen molar-refractivity contribution in [2.45, 2.75) is 13.8 Å². The zero-order valence-electron chi connectivity index (χ0n) is 12.6. The SMILES string of the molecule is C[N-]C.C[N-]C.C[N-]C.Cc1ccc[c-]1C.[Hf+4]. The minimum atomic E-state index is 0. The summed E-state index contributed by atoms with van der Waals surface area (Å²) in [6, 6.07) is 6.31. The monoisotopic (exact) mass is 405 g/mol. The minimum absolute atomic E-state index is 0. The molecule has 0 aliphatic heterocycles. The van der Waals surface area contributed by atoms with Crippen LogP contribution in [0.15, 0.2) is 18.2 Å². The summed E-state index contributed by atoms with van der Waals surface area (Å²) in [5, 5.41) is 10.5. The normalized spacial score (nSPS) is 7.06. The minimum Gasteiger partial charge on any atom is -0.668 e. The van der Waals surface area contributed by atoms with Gasteiger partial charge in [0.1, 0.15) is 0 Å². The molecule has 0 spiro atoms. The van der Waals surface area contributed by atoms with Crippen molar-refractivity contribution >= 4 is 0 Å².